The molecular formula is C31H61NO. The molecule has 0 aromatic rings. The third kappa shape index (κ3) is 21.6. The summed E-state index contributed by atoms with van der Waals surface area (Å²) in [6.45, 7) is 12.0. The zero-order valence-corrected chi connectivity index (χ0v) is 23.6. The topological polar surface area (TPSA) is 20.3 Å². The van der Waals surface area contributed by atoms with Crippen LogP contribution in [0.2, 0.25) is 0 Å². The van der Waals surface area contributed by atoms with Crippen LogP contribution in [0.25, 0.3) is 0 Å². The van der Waals surface area contributed by atoms with E-state index >= 15 is 0 Å². The van der Waals surface area contributed by atoms with Crippen molar-refractivity contribution >= 4 is 5.78 Å². The number of hydrogen-bond donors (Lipinski definition) is 0. The number of nitrogens with zero attached hydrogens (tertiary/aromatic N) is 1. The summed E-state index contributed by atoms with van der Waals surface area (Å²) in [6, 6.07) is 0. The van der Waals surface area contributed by atoms with E-state index in [2.05, 4.69) is 46.3 Å². The molecule has 2 nitrogen and oxygen atoms in total. The second-order valence-corrected chi connectivity index (χ2v) is 11.1. The molecular weight excluding hydrogens is 402 g/mol. The van der Waals surface area contributed by atoms with Crippen LogP contribution in [0.15, 0.2) is 12.2 Å². The van der Waals surface area contributed by atoms with Crippen LogP contribution in [-0.2, 0) is 4.79 Å². The van der Waals surface area contributed by atoms with Gasteiger partial charge in [-0.25, -0.2) is 0 Å². The highest BCUT2D eigenvalue weighted by Gasteiger charge is 2.17. The zero-order chi connectivity index (χ0) is 24.7. The molecule has 0 spiro atoms. The van der Waals surface area contributed by atoms with Gasteiger partial charge in [0.2, 0.25) is 0 Å². The molecule has 2 heteroatoms. The molecule has 0 amide bonds. The first-order valence-electron chi connectivity index (χ1n) is 14.7. The fraction of sp³-hybridized carbons (Fsp3) is 0.903. The van der Waals surface area contributed by atoms with Crippen molar-refractivity contribution in [3.05, 3.63) is 12.2 Å². The third-order valence-electron chi connectivity index (χ3n) is 7.17. The van der Waals surface area contributed by atoms with Gasteiger partial charge in [-0.15, -0.1) is 6.58 Å². The predicted octanol–water partition coefficient (Wildman–Crippen LogP) is 9.77. The minimum atomic E-state index is 0.355. The summed E-state index contributed by atoms with van der Waals surface area (Å²) in [6.07, 6.45) is 25.1. The molecule has 0 aliphatic carbocycles. The van der Waals surface area contributed by atoms with Gasteiger partial charge < -0.3 is 4.90 Å². The van der Waals surface area contributed by atoms with Gasteiger partial charge in [-0.05, 0) is 65.6 Å². The number of Topliss-reactive ketones (excluding diaryl/α,β-unsaturated/α-hetero) is 1. The van der Waals surface area contributed by atoms with E-state index < -0.39 is 0 Å². The molecule has 0 aliphatic heterocycles. The lowest BCUT2D eigenvalue weighted by Crippen LogP contribution is -2.17. The monoisotopic (exact) mass is 463 g/mol. The molecule has 0 heterocycles. The van der Waals surface area contributed by atoms with Gasteiger partial charge in [0.25, 0.3) is 0 Å². The summed E-state index contributed by atoms with van der Waals surface area (Å²) < 4.78 is 0. The Morgan fingerprint density at radius 3 is 1.79 bits per heavy atom. The molecule has 0 aliphatic rings. The lowest BCUT2D eigenvalue weighted by Gasteiger charge is -2.19. The Balaban J connectivity index is 3.82. The lowest BCUT2D eigenvalue weighted by molar-refractivity contribution is -0.123. The van der Waals surface area contributed by atoms with Crippen molar-refractivity contribution in [3.63, 3.8) is 0 Å². The first-order valence-corrected chi connectivity index (χ1v) is 14.7. The molecule has 33 heavy (non-hydrogen) atoms. The second-order valence-electron chi connectivity index (χ2n) is 11.1. The van der Waals surface area contributed by atoms with Crippen molar-refractivity contribution in [3.8, 4) is 0 Å². The van der Waals surface area contributed by atoms with Gasteiger partial charge in [-0.3, -0.25) is 4.79 Å². The number of hydrogen-bond acceptors (Lipinski definition) is 2. The predicted molar refractivity (Wildman–Crippen MR) is 149 cm³/mol. The Morgan fingerprint density at radius 2 is 1.21 bits per heavy atom. The van der Waals surface area contributed by atoms with Crippen LogP contribution in [0.5, 0.6) is 0 Å². The average molecular weight is 464 g/mol. The van der Waals surface area contributed by atoms with Crippen LogP contribution < -0.4 is 0 Å². The van der Waals surface area contributed by atoms with Crippen molar-refractivity contribution in [2.45, 2.75) is 149 Å². The van der Waals surface area contributed by atoms with E-state index in [1.807, 2.05) is 0 Å². The molecule has 0 saturated carbocycles. The van der Waals surface area contributed by atoms with Crippen LogP contribution in [0.4, 0.5) is 0 Å². The number of ketones is 1. The Bertz CT molecular complexity index is 456. The highest BCUT2D eigenvalue weighted by atomic mass is 16.1. The fourth-order valence-electron chi connectivity index (χ4n) is 5.01. The van der Waals surface area contributed by atoms with Crippen molar-refractivity contribution in [2.24, 2.45) is 11.8 Å². The van der Waals surface area contributed by atoms with E-state index in [1.54, 1.807) is 0 Å². The Kier molecular flexibility index (Phi) is 22.7. The smallest absolute Gasteiger partial charge is 0.135 e. The van der Waals surface area contributed by atoms with Crippen LogP contribution >= 0.6 is 0 Å². The molecule has 2 atom stereocenters. The highest BCUT2D eigenvalue weighted by Crippen LogP contribution is 2.23. The van der Waals surface area contributed by atoms with Crippen molar-refractivity contribution in [1.82, 2.24) is 4.90 Å². The van der Waals surface area contributed by atoms with E-state index in [1.165, 1.54) is 115 Å². The van der Waals surface area contributed by atoms with E-state index in [0.717, 1.165) is 31.6 Å². The normalized spacial score (nSPS) is 13.4. The first kappa shape index (κ1) is 32.4. The standard InChI is InChI=1S/C31H61NO/c1-7-9-11-19-23-30(22-10-8-2)31(33)24-20-17-15-13-12-14-16-18-21-29(27-28(3)4)25-26-32(5)6/h29-30H,3,7-27H2,1-2,4-6H3. The SMILES string of the molecule is C=C(C)CC(CCCCCCCCCCC(=O)C(CCCC)CCCCCC)CCN(C)C. The van der Waals surface area contributed by atoms with Gasteiger partial charge >= 0.3 is 0 Å². The first-order chi connectivity index (χ1) is 15.9. The number of carbonyl (C=O) groups is 1. The lowest BCUT2D eigenvalue weighted by atomic mass is 9.89. The number of unbranched alkanes of at least 4 members (excludes halogenated alkanes) is 11. The molecule has 0 fully saturated rings. The van der Waals surface area contributed by atoms with Gasteiger partial charge in [0.1, 0.15) is 5.78 Å². The minimum absolute atomic E-state index is 0.355. The second kappa shape index (κ2) is 23.1. The van der Waals surface area contributed by atoms with E-state index in [4.69, 9.17) is 0 Å². The summed E-state index contributed by atoms with van der Waals surface area (Å²) in [5, 5.41) is 0. The largest absolute Gasteiger partial charge is 0.309 e. The molecule has 196 valence electrons. The van der Waals surface area contributed by atoms with Gasteiger partial charge in [0, 0.05) is 12.3 Å². The van der Waals surface area contributed by atoms with E-state index in [-0.39, 0.29) is 0 Å². The highest BCUT2D eigenvalue weighted by molar-refractivity contribution is 5.80. The summed E-state index contributed by atoms with van der Waals surface area (Å²) in [5.74, 6) is 1.74. The fourth-order valence-corrected chi connectivity index (χ4v) is 5.01. The maximum atomic E-state index is 12.7. The number of rotatable bonds is 25. The Morgan fingerprint density at radius 1 is 0.697 bits per heavy atom. The molecule has 0 aromatic heterocycles. The molecule has 0 bridgehead atoms. The average Bonchev–Trinajstić information content (AvgIpc) is 2.77. The van der Waals surface area contributed by atoms with Crippen molar-refractivity contribution < 1.29 is 4.79 Å². The summed E-state index contributed by atoms with van der Waals surface area (Å²) >= 11 is 0. The Labute approximate surface area is 209 Å². The quantitative estimate of drug-likeness (QED) is 0.0991. The van der Waals surface area contributed by atoms with Crippen molar-refractivity contribution in [2.75, 3.05) is 20.6 Å². The van der Waals surface area contributed by atoms with Crippen LogP contribution in [-0.4, -0.2) is 31.3 Å². The molecule has 2 unspecified atom stereocenters. The maximum Gasteiger partial charge on any atom is 0.135 e. The maximum absolute atomic E-state index is 12.7. The summed E-state index contributed by atoms with van der Waals surface area (Å²) in [7, 11) is 4.35. The van der Waals surface area contributed by atoms with Crippen molar-refractivity contribution in [1.29, 1.82) is 0 Å². The summed E-state index contributed by atoms with van der Waals surface area (Å²) in [5.41, 5.74) is 1.34. The van der Waals surface area contributed by atoms with Crippen LogP contribution in [0, 0.1) is 11.8 Å². The number of allylic oxidation sites excluding steroid dienone is 1. The number of carbonyl (C=O) groups excluding carboxylic acids is 1. The van der Waals surface area contributed by atoms with Gasteiger partial charge in [-0.1, -0.05) is 109 Å². The van der Waals surface area contributed by atoms with Crippen LogP contribution in [0.3, 0.4) is 0 Å². The zero-order valence-electron chi connectivity index (χ0n) is 23.6. The molecule has 0 radical (unpaired) electrons. The molecule has 0 rings (SSSR count). The Hall–Kier alpha value is -0.630. The third-order valence-corrected chi connectivity index (χ3v) is 7.17. The molecule has 0 saturated heterocycles. The van der Waals surface area contributed by atoms with Gasteiger partial charge in [0.15, 0.2) is 0 Å². The van der Waals surface area contributed by atoms with E-state index in [0.29, 0.717) is 11.7 Å². The van der Waals surface area contributed by atoms with Crippen LogP contribution in [0.1, 0.15) is 149 Å². The van der Waals surface area contributed by atoms with Gasteiger partial charge in [0.05, 0.1) is 0 Å². The molecule has 0 aromatic carbocycles. The van der Waals surface area contributed by atoms with E-state index in [9.17, 15) is 4.79 Å². The van der Waals surface area contributed by atoms with Gasteiger partial charge in [-0.2, -0.15) is 0 Å². The minimum Gasteiger partial charge on any atom is -0.309 e. The summed E-state index contributed by atoms with van der Waals surface area (Å²) in [4.78, 5) is 15.0. The molecule has 0 N–H and O–H groups in total.